The second-order valence-electron chi connectivity index (χ2n) is 9.91. The molecule has 0 aliphatic heterocycles. The Morgan fingerprint density at radius 2 is 1.03 bits per heavy atom. The Hall–Kier alpha value is -1.65. The first-order valence-corrected chi connectivity index (χ1v) is 12.1. The van der Waals surface area contributed by atoms with Crippen LogP contribution >= 0.6 is 7.92 Å². The zero-order chi connectivity index (χ0) is 21.7. The second-order valence-corrected chi connectivity index (χ2v) is 11.9. The third kappa shape index (κ3) is 4.15. The molecule has 2 aromatic carbocycles. The first-order chi connectivity index (χ1) is 13.4. The molecule has 154 valence electrons. The zero-order valence-corrected chi connectivity index (χ0v) is 20.9. The second kappa shape index (κ2) is 7.88. The van der Waals surface area contributed by atoms with Crippen LogP contribution < -0.4 is 10.6 Å². The van der Waals surface area contributed by atoms with Gasteiger partial charge in [0.15, 0.2) is 0 Å². The molecule has 1 aliphatic carbocycles. The third-order valence-corrected chi connectivity index (χ3v) is 9.85. The molecule has 0 unspecified atom stereocenters. The molecule has 0 spiro atoms. The number of rotatable bonds is 3. The summed E-state index contributed by atoms with van der Waals surface area (Å²) in [5.74, 6) is 0. The quantitative estimate of drug-likeness (QED) is 0.462. The highest BCUT2D eigenvalue weighted by Gasteiger charge is 2.37. The third-order valence-electron chi connectivity index (χ3n) is 6.14. The van der Waals surface area contributed by atoms with Crippen LogP contribution in [-0.2, 0) is 0 Å². The fraction of sp³-hybridized carbons (Fsp3) is 0.429. The maximum Gasteiger partial charge on any atom is -0.00531 e. The SMILES string of the molecule is CC1=CC(C)=C(P(c2c(C)cc(C)cc2C)c2c(C)cc(C)cc2C)C(C)(C)C1. The summed E-state index contributed by atoms with van der Waals surface area (Å²) < 4.78 is 0. The molecule has 0 atom stereocenters. The minimum atomic E-state index is -0.588. The van der Waals surface area contributed by atoms with Crippen LogP contribution in [0.25, 0.3) is 0 Å². The number of aryl methyl sites for hydroxylation is 6. The molecule has 1 heteroatoms. The maximum absolute atomic E-state index is 2.45. The highest BCUT2D eigenvalue weighted by Crippen LogP contribution is 2.58. The highest BCUT2D eigenvalue weighted by molar-refractivity contribution is 7.77. The molecule has 0 fully saturated rings. The summed E-state index contributed by atoms with van der Waals surface area (Å²) >= 11 is 0. The van der Waals surface area contributed by atoms with Gasteiger partial charge in [-0.2, -0.15) is 0 Å². The van der Waals surface area contributed by atoms with E-state index < -0.39 is 7.92 Å². The highest BCUT2D eigenvalue weighted by atomic mass is 31.1. The van der Waals surface area contributed by atoms with Crippen molar-refractivity contribution < 1.29 is 0 Å². The van der Waals surface area contributed by atoms with Gasteiger partial charge in [-0.25, -0.2) is 0 Å². The average molecular weight is 405 g/mol. The summed E-state index contributed by atoms with van der Waals surface area (Å²) in [7, 11) is -0.588. The molecule has 0 N–H and O–H groups in total. The first kappa shape index (κ1) is 22.0. The molecule has 0 saturated carbocycles. The van der Waals surface area contributed by atoms with E-state index in [0.717, 1.165) is 6.42 Å². The topological polar surface area (TPSA) is 0 Å². The van der Waals surface area contributed by atoms with E-state index in [1.54, 1.807) is 15.9 Å². The van der Waals surface area contributed by atoms with Gasteiger partial charge in [-0.3, -0.25) is 0 Å². The van der Waals surface area contributed by atoms with Crippen molar-refractivity contribution in [3.05, 3.63) is 80.2 Å². The Labute approximate surface area is 179 Å². The summed E-state index contributed by atoms with van der Waals surface area (Å²) in [6.45, 7) is 23.2. The molecule has 0 aromatic heterocycles. The van der Waals surface area contributed by atoms with E-state index in [9.17, 15) is 0 Å². The smallest absolute Gasteiger partial charge is 0.00531 e. The lowest BCUT2D eigenvalue weighted by atomic mass is 9.80. The number of hydrogen-bond donors (Lipinski definition) is 0. The molecule has 0 amide bonds. The van der Waals surface area contributed by atoms with E-state index in [0.29, 0.717) is 0 Å². The van der Waals surface area contributed by atoms with Crippen LogP contribution in [0.5, 0.6) is 0 Å². The van der Waals surface area contributed by atoms with Crippen molar-refractivity contribution >= 4 is 18.5 Å². The van der Waals surface area contributed by atoms with Gasteiger partial charge < -0.3 is 0 Å². The fourth-order valence-electron chi connectivity index (χ4n) is 5.67. The van der Waals surface area contributed by atoms with Crippen molar-refractivity contribution in [2.45, 2.75) is 75.7 Å². The molecule has 0 bridgehead atoms. The van der Waals surface area contributed by atoms with Crippen LogP contribution in [0.2, 0.25) is 0 Å². The van der Waals surface area contributed by atoms with Gasteiger partial charge in [0, 0.05) is 0 Å². The Morgan fingerprint density at radius 3 is 1.38 bits per heavy atom. The van der Waals surface area contributed by atoms with Crippen LogP contribution in [0, 0.1) is 47.0 Å². The van der Waals surface area contributed by atoms with E-state index in [2.05, 4.69) is 99.6 Å². The summed E-state index contributed by atoms with van der Waals surface area (Å²) in [5.41, 5.74) is 11.6. The lowest BCUT2D eigenvalue weighted by Gasteiger charge is -2.41. The molecule has 3 rings (SSSR count). The number of benzene rings is 2. The predicted molar refractivity (Wildman–Crippen MR) is 132 cm³/mol. The maximum atomic E-state index is 2.45. The molecule has 0 nitrogen and oxygen atoms in total. The van der Waals surface area contributed by atoms with E-state index in [-0.39, 0.29) is 5.41 Å². The van der Waals surface area contributed by atoms with Crippen molar-refractivity contribution in [2.24, 2.45) is 5.41 Å². The average Bonchev–Trinajstić information content (AvgIpc) is 2.50. The van der Waals surface area contributed by atoms with E-state index in [1.165, 1.54) is 44.5 Å². The van der Waals surface area contributed by atoms with Crippen molar-refractivity contribution in [1.29, 1.82) is 0 Å². The summed E-state index contributed by atoms with van der Waals surface area (Å²) in [4.78, 5) is 0. The van der Waals surface area contributed by atoms with Crippen molar-refractivity contribution in [1.82, 2.24) is 0 Å². The van der Waals surface area contributed by atoms with Gasteiger partial charge in [-0.15, -0.1) is 0 Å². The van der Waals surface area contributed by atoms with E-state index in [1.807, 2.05) is 0 Å². The van der Waals surface area contributed by atoms with Crippen LogP contribution in [0.4, 0.5) is 0 Å². The molecular formula is C28H37P. The fourth-order valence-corrected chi connectivity index (χ4v) is 9.11. The molecule has 0 saturated heterocycles. The van der Waals surface area contributed by atoms with Gasteiger partial charge in [0.2, 0.25) is 0 Å². The predicted octanol–water partition coefficient (Wildman–Crippen LogP) is 7.62. The van der Waals surface area contributed by atoms with E-state index in [4.69, 9.17) is 0 Å². The van der Waals surface area contributed by atoms with Crippen LogP contribution in [0.15, 0.2) is 46.8 Å². The Bertz CT molecular complexity index is 927. The largest absolute Gasteiger partial charge is 0.0722 e. The molecular weight excluding hydrogens is 367 g/mol. The van der Waals surface area contributed by atoms with Crippen molar-refractivity contribution in [3.63, 3.8) is 0 Å². The minimum Gasteiger partial charge on any atom is -0.0722 e. The van der Waals surface area contributed by atoms with Crippen LogP contribution in [0.1, 0.15) is 67.5 Å². The van der Waals surface area contributed by atoms with Crippen LogP contribution in [0.3, 0.4) is 0 Å². The number of hydrogen-bond acceptors (Lipinski definition) is 0. The molecule has 0 radical (unpaired) electrons. The summed E-state index contributed by atoms with van der Waals surface area (Å²) in [5, 5.41) is 4.79. The van der Waals surface area contributed by atoms with E-state index >= 15 is 0 Å². The monoisotopic (exact) mass is 404 g/mol. The molecule has 29 heavy (non-hydrogen) atoms. The lowest BCUT2D eigenvalue weighted by Crippen LogP contribution is -2.29. The van der Waals surface area contributed by atoms with Gasteiger partial charge in [-0.1, -0.05) is 60.9 Å². The molecule has 2 aromatic rings. The first-order valence-electron chi connectivity index (χ1n) is 10.8. The lowest BCUT2D eigenvalue weighted by molar-refractivity contribution is 0.455. The van der Waals surface area contributed by atoms with Crippen molar-refractivity contribution in [3.8, 4) is 0 Å². The summed E-state index contributed by atoms with van der Waals surface area (Å²) in [6, 6.07) is 9.51. The van der Waals surface area contributed by atoms with Gasteiger partial charge in [-0.05, 0) is 119 Å². The van der Waals surface area contributed by atoms with Gasteiger partial charge in [0.25, 0.3) is 0 Å². The normalized spacial score (nSPS) is 16.4. The van der Waals surface area contributed by atoms with Crippen LogP contribution in [-0.4, -0.2) is 0 Å². The summed E-state index contributed by atoms with van der Waals surface area (Å²) in [6.07, 6.45) is 3.58. The van der Waals surface area contributed by atoms with Gasteiger partial charge in [0.05, 0.1) is 0 Å². The standard InChI is InChI=1S/C28H37P/c1-17-11-20(4)25(21(5)12-17)29(26-22(6)13-18(2)14-23(26)7)27-24(8)15-19(3)16-28(27,9)10/h11-15H,16H2,1-10H3. The molecule has 1 aliphatic rings. The van der Waals surface area contributed by atoms with Gasteiger partial charge in [0.1, 0.15) is 0 Å². The van der Waals surface area contributed by atoms with Gasteiger partial charge >= 0.3 is 0 Å². The zero-order valence-electron chi connectivity index (χ0n) is 20.0. The Kier molecular flexibility index (Phi) is 5.99. The minimum absolute atomic E-state index is 0.169. The number of allylic oxidation sites excluding steroid dienone is 4. The Morgan fingerprint density at radius 1 is 0.655 bits per heavy atom. The van der Waals surface area contributed by atoms with Crippen molar-refractivity contribution in [2.75, 3.05) is 0 Å². The molecule has 0 heterocycles. The Balaban J connectivity index is 2.44.